The standard InChI is InChI=1S/C67H127N11O18/c1-8-15-22-29-36-72-61(79)86-45-49-53(91-62(80)73-37-30-23-16-9-2)50(71)55(93-64(82)75-39-32-25-18-11-4)59(88-49)89-51-46(69)43-47(70)52(56(51)94-65(83)76-40-33-26-19-12-5)90-60-58(96-67(85)78-42-35-28-21-14-7)57(95-66(84)77-41-34-27-20-13-6)54(48(44-68)87-60)92-63(81)74-38-31-24-17-10-3/h46-60H,8-45,68-71H2,1-7H3,(H,72,79)(H,73,80)(H,74,81)(H,75,82)(H,76,83)(H,77,84)(H,78,85)/t46-,47+,48+,49-,50+,51+,52-,53-,54+,55-,56-,57-,58+,59-,60+/m1/s1. The Bertz CT molecular complexity index is 2130. The maximum absolute atomic E-state index is 14.3. The van der Waals surface area contributed by atoms with Gasteiger partial charge < -0.3 is 112 Å². The van der Waals surface area contributed by atoms with E-state index in [1.165, 1.54) is 0 Å². The summed E-state index contributed by atoms with van der Waals surface area (Å²) in [6, 6.07) is -3.73. The van der Waals surface area contributed by atoms with Crippen molar-refractivity contribution in [3.8, 4) is 0 Å². The largest absolute Gasteiger partial charge is 0.447 e. The molecule has 3 aliphatic rings. The monoisotopic (exact) mass is 1370 g/mol. The fourth-order valence-electron chi connectivity index (χ4n) is 11.5. The minimum atomic E-state index is -1.79. The topological polar surface area (TPSA) is 409 Å². The molecule has 2 saturated heterocycles. The van der Waals surface area contributed by atoms with Crippen LogP contribution in [0.3, 0.4) is 0 Å². The lowest BCUT2D eigenvalue weighted by Crippen LogP contribution is -2.70. The van der Waals surface area contributed by atoms with Crippen LogP contribution in [-0.4, -0.2) is 193 Å². The number of amides is 7. The molecule has 29 heteroatoms. The first-order valence-electron chi connectivity index (χ1n) is 36.7. The first-order chi connectivity index (χ1) is 46.5. The average Bonchev–Trinajstić information content (AvgIpc) is 0.775. The third-order valence-corrected chi connectivity index (χ3v) is 17.1. The summed E-state index contributed by atoms with van der Waals surface area (Å²) in [5, 5.41) is 19.4. The van der Waals surface area contributed by atoms with Crippen LogP contribution in [0.25, 0.3) is 0 Å². The van der Waals surface area contributed by atoms with Gasteiger partial charge in [-0.3, -0.25) is 0 Å². The van der Waals surface area contributed by atoms with Gasteiger partial charge in [0.1, 0.15) is 31.0 Å². The molecule has 15 N–H and O–H groups in total. The van der Waals surface area contributed by atoms with Crippen LogP contribution in [0, 0.1) is 0 Å². The van der Waals surface area contributed by atoms with Crippen LogP contribution in [0.2, 0.25) is 0 Å². The summed E-state index contributed by atoms with van der Waals surface area (Å²) in [4.78, 5) is 97.1. The van der Waals surface area contributed by atoms with Gasteiger partial charge >= 0.3 is 42.7 Å². The molecule has 29 nitrogen and oxygen atoms in total. The van der Waals surface area contributed by atoms with Crippen LogP contribution < -0.4 is 60.2 Å². The summed E-state index contributed by atoms with van der Waals surface area (Å²) < 4.78 is 69.6. The molecule has 15 atom stereocenters. The van der Waals surface area contributed by atoms with E-state index in [-0.39, 0.29) is 52.2 Å². The van der Waals surface area contributed by atoms with Gasteiger partial charge in [-0.25, -0.2) is 33.6 Å². The van der Waals surface area contributed by atoms with E-state index in [0.717, 1.165) is 135 Å². The van der Waals surface area contributed by atoms with Crippen molar-refractivity contribution in [1.29, 1.82) is 0 Å². The van der Waals surface area contributed by atoms with Crippen molar-refractivity contribution in [2.24, 2.45) is 22.9 Å². The highest BCUT2D eigenvalue weighted by Crippen LogP contribution is 2.36. The Balaban J connectivity index is 2.27. The van der Waals surface area contributed by atoms with Gasteiger partial charge in [0.05, 0.1) is 6.04 Å². The first-order valence-corrected chi connectivity index (χ1v) is 36.7. The van der Waals surface area contributed by atoms with Crippen molar-refractivity contribution >= 4 is 42.7 Å². The van der Waals surface area contributed by atoms with Crippen LogP contribution in [-0.2, 0) is 52.1 Å². The zero-order chi connectivity index (χ0) is 70.3. The number of rotatable bonds is 48. The van der Waals surface area contributed by atoms with Crippen molar-refractivity contribution in [1.82, 2.24) is 37.2 Å². The minimum absolute atomic E-state index is 0.132. The zero-order valence-electron chi connectivity index (χ0n) is 59.2. The second-order valence-corrected chi connectivity index (χ2v) is 25.4. The number of hydrogen-bond acceptors (Lipinski definition) is 22. The molecule has 96 heavy (non-hydrogen) atoms. The minimum Gasteiger partial charge on any atom is -0.447 e. The van der Waals surface area contributed by atoms with Crippen LogP contribution in [0.4, 0.5) is 33.6 Å². The summed E-state index contributed by atoms with van der Waals surface area (Å²) >= 11 is 0. The fraction of sp³-hybridized carbons (Fsp3) is 0.896. The summed E-state index contributed by atoms with van der Waals surface area (Å²) in [7, 11) is 0. The quantitative estimate of drug-likeness (QED) is 0.0200. The van der Waals surface area contributed by atoms with E-state index in [1.54, 1.807) is 0 Å². The Kier molecular flexibility index (Phi) is 45.7. The number of nitrogens with one attached hydrogen (secondary N) is 7. The molecule has 0 aromatic heterocycles. The molecular weight excluding hydrogens is 1250 g/mol. The van der Waals surface area contributed by atoms with Crippen LogP contribution in [0.1, 0.15) is 235 Å². The van der Waals surface area contributed by atoms with Crippen LogP contribution >= 0.6 is 0 Å². The van der Waals surface area contributed by atoms with Crippen molar-refractivity contribution in [3.63, 3.8) is 0 Å². The number of nitrogens with two attached hydrogens (primary N) is 4. The molecule has 0 radical (unpaired) electrons. The number of hydrogen-bond donors (Lipinski definition) is 11. The molecular formula is C67H127N11O18. The number of carbonyl (C=O) groups excluding carboxylic acids is 7. The molecule has 7 amide bonds. The Hall–Kier alpha value is -5.43. The number of ether oxygens (including phenoxy) is 11. The lowest BCUT2D eigenvalue weighted by Gasteiger charge is -2.50. The maximum Gasteiger partial charge on any atom is 0.407 e. The van der Waals surface area contributed by atoms with E-state index >= 15 is 0 Å². The average molecular weight is 1370 g/mol. The van der Waals surface area contributed by atoms with Gasteiger partial charge in [0.2, 0.25) is 0 Å². The van der Waals surface area contributed by atoms with E-state index in [1.807, 2.05) is 0 Å². The first kappa shape index (κ1) is 84.8. The zero-order valence-corrected chi connectivity index (χ0v) is 59.2. The highest BCUT2D eigenvalue weighted by Gasteiger charge is 2.58. The predicted octanol–water partition coefficient (Wildman–Crippen LogP) is 8.91. The lowest BCUT2D eigenvalue weighted by molar-refractivity contribution is -0.329. The Morgan fingerprint density at radius 1 is 0.323 bits per heavy atom. The van der Waals surface area contributed by atoms with Gasteiger partial charge in [0.15, 0.2) is 49.2 Å². The van der Waals surface area contributed by atoms with Crippen molar-refractivity contribution in [2.45, 2.75) is 326 Å². The van der Waals surface area contributed by atoms with Gasteiger partial charge in [0.25, 0.3) is 0 Å². The highest BCUT2D eigenvalue weighted by atomic mass is 16.8. The van der Waals surface area contributed by atoms with Gasteiger partial charge in [-0.15, -0.1) is 0 Å². The normalized spacial score (nSPS) is 25.5. The Morgan fingerprint density at radius 2 is 0.594 bits per heavy atom. The van der Waals surface area contributed by atoms with E-state index in [2.05, 4.69) is 85.7 Å². The van der Waals surface area contributed by atoms with Crippen LogP contribution in [0.5, 0.6) is 0 Å². The van der Waals surface area contributed by atoms with E-state index in [4.69, 9.17) is 75.0 Å². The molecule has 0 bridgehead atoms. The lowest BCUT2D eigenvalue weighted by atomic mass is 9.84. The molecule has 0 spiro atoms. The van der Waals surface area contributed by atoms with Gasteiger partial charge in [-0.1, -0.05) is 183 Å². The summed E-state index contributed by atoms with van der Waals surface area (Å²) in [6.45, 7) is 15.3. The second kappa shape index (κ2) is 51.7. The maximum atomic E-state index is 14.3. The van der Waals surface area contributed by atoms with Gasteiger partial charge in [-0.05, 0) is 51.4 Å². The van der Waals surface area contributed by atoms with E-state index in [0.29, 0.717) is 51.5 Å². The SMILES string of the molecule is CCCCCCNC(=O)OC[C@H]1O[C@H](O[C@@H]2[C@@H](OC(=O)NCCCCCC)[C@H](O[C@@H]3O[C@@H](CN)[C@H](OC(=O)NCCCCCC)[C@@H](OC(=O)NCCCCCC)[C@@H]3OC(=O)NCCCCCC)[C@@H](N)C[C@H]2N)[C@H](OC(=O)NCCCCCC)[C@@H](N)[C@@H]1OC(=O)NCCCCCC. The van der Waals surface area contributed by atoms with Crippen molar-refractivity contribution in [3.05, 3.63) is 0 Å². The Labute approximate surface area is 571 Å². The van der Waals surface area contributed by atoms with Gasteiger partial charge in [-0.2, -0.15) is 0 Å². The molecule has 0 aromatic rings. The molecule has 1 aliphatic carbocycles. The number of carbonyl (C=O) groups is 7. The number of unbranched alkanes of at least 4 members (excludes halogenated alkanes) is 21. The van der Waals surface area contributed by atoms with Gasteiger partial charge in [0, 0.05) is 64.4 Å². The molecule has 558 valence electrons. The summed E-state index contributed by atoms with van der Waals surface area (Å²) in [5.74, 6) is 0. The van der Waals surface area contributed by atoms with Crippen molar-refractivity contribution < 1.29 is 85.7 Å². The predicted molar refractivity (Wildman–Crippen MR) is 363 cm³/mol. The summed E-state index contributed by atoms with van der Waals surface area (Å²) in [6.07, 6.45) is -1.68. The smallest absolute Gasteiger partial charge is 0.407 e. The molecule has 0 aromatic carbocycles. The Morgan fingerprint density at radius 3 is 0.927 bits per heavy atom. The second-order valence-electron chi connectivity index (χ2n) is 25.4. The molecule has 1 saturated carbocycles. The molecule has 3 fully saturated rings. The molecule has 2 aliphatic heterocycles. The highest BCUT2D eigenvalue weighted by molar-refractivity contribution is 5.70. The van der Waals surface area contributed by atoms with Crippen molar-refractivity contribution in [2.75, 3.05) is 59.0 Å². The molecule has 0 unspecified atom stereocenters. The molecule has 3 rings (SSSR count). The van der Waals surface area contributed by atoms with E-state index in [9.17, 15) is 33.6 Å². The van der Waals surface area contributed by atoms with Crippen LogP contribution in [0.15, 0.2) is 0 Å². The fourth-order valence-corrected chi connectivity index (χ4v) is 11.5. The number of alkyl carbamates (subject to hydrolysis) is 7. The third kappa shape index (κ3) is 33.4. The summed E-state index contributed by atoms with van der Waals surface area (Å²) in [5.41, 5.74) is 27.7. The van der Waals surface area contributed by atoms with E-state index < -0.39 is 141 Å². The third-order valence-electron chi connectivity index (χ3n) is 17.1. The molecule has 2 heterocycles.